The Labute approximate surface area is 112 Å². The zero-order chi connectivity index (χ0) is 13.3. The van der Waals surface area contributed by atoms with Gasteiger partial charge in [0, 0.05) is 0 Å². The topological polar surface area (TPSA) is 120 Å². The van der Waals surface area contributed by atoms with E-state index in [2.05, 4.69) is 31.6 Å². The molecule has 0 amide bonds. The number of carboxylic acid groups (broad SMARTS) is 1. The molecule has 10 heteroatoms. The zero-order valence-electron chi connectivity index (χ0n) is 8.53. The molecule has 0 fully saturated rings. The van der Waals surface area contributed by atoms with Gasteiger partial charge in [-0.3, -0.25) is 0 Å². The van der Waals surface area contributed by atoms with Crippen LogP contribution in [0, 0.1) is 10.1 Å². The van der Waals surface area contributed by atoms with Gasteiger partial charge < -0.3 is 0 Å². The van der Waals surface area contributed by atoms with Gasteiger partial charge in [-0.05, 0) is 0 Å². The van der Waals surface area contributed by atoms with Crippen molar-refractivity contribution in [2.75, 3.05) is 6.61 Å². The number of hydrogen-bond acceptors (Lipinski definition) is 6. The molecule has 0 spiro atoms. The molecule has 0 aliphatic rings. The van der Waals surface area contributed by atoms with Crippen LogP contribution < -0.4 is 4.74 Å². The van der Waals surface area contributed by atoms with Gasteiger partial charge in [-0.1, -0.05) is 0 Å². The number of carboxylic acids is 1. The van der Waals surface area contributed by atoms with E-state index in [1.165, 1.54) is 15.2 Å². The Morgan fingerprint density at radius 1 is 1.61 bits per heavy atom. The molecular weight excluding hydrogens is 340 g/mol. The zero-order valence-corrected chi connectivity index (χ0v) is 10.0. The number of aliphatic carboxylic acids is 1. The van der Waals surface area contributed by atoms with E-state index in [9.17, 15) is 14.9 Å². The number of nitro benzene ring substituents is 1. The van der Waals surface area contributed by atoms with E-state index in [1.807, 2.05) is 0 Å². The fraction of sp³-hybridized carbons (Fsp3) is 0.125. The van der Waals surface area contributed by atoms with Gasteiger partial charge in [0.25, 0.3) is 0 Å². The summed E-state index contributed by atoms with van der Waals surface area (Å²) in [6, 6.07) is 2.46. The van der Waals surface area contributed by atoms with Crippen molar-refractivity contribution in [3.05, 3.63) is 22.2 Å². The molecule has 0 atom stereocenters. The Hall–Kier alpha value is -1.97. The number of aromatic nitrogens is 3. The molecular formula is C8H5AgN4O5. The first-order valence-electron chi connectivity index (χ1n) is 4.50. The summed E-state index contributed by atoms with van der Waals surface area (Å²) in [7, 11) is 0. The van der Waals surface area contributed by atoms with Crippen molar-refractivity contribution in [1.29, 1.82) is 0 Å². The third kappa shape index (κ3) is 2.32. The van der Waals surface area contributed by atoms with Crippen molar-refractivity contribution in [3.63, 3.8) is 0 Å². The van der Waals surface area contributed by atoms with Crippen molar-refractivity contribution >= 4 is 22.7 Å². The van der Waals surface area contributed by atoms with E-state index in [0.717, 1.165) is 0 Å². The SMILES string of the molecule is O=C(O)COc1cc2nn[n]([Ag])c2cc1[N+](=O)[O-]. The number of benzene rings is 1. The Bertz CT molecular complexity index is 640. The van der Waals surface area contributed by atoms with Crippen LogP contribution in [0.1, 0.15) is 0 Å². The van der Waals surface area contributed by atoms with Gasteiger partial charge in [0.05, 0.1) is 0 Å². The number of rotatable bonds is 4. The van der Waals surface area contributed by atoms with Crippen LogP contribution in [-0.2, 0) is 26.1 Å². The van der Waals surface area contributed by atoms with Gasteiger partial charge in [-0.15, -0.1) is 0 Å². The number of carbonyl (C=O) groups is 1. The van der Waals surface area contributed by atoms with Crippen molar-refractivity contribution in [1.82, 2.24) is 13.4 Å². The van der Waals surface area contributed by atoms with E-state index in [1.54, 1.807) is 0 Å². The second-order valence-electron chi connectivity index (χ2n) is 3.17. The third-order valence-electron chi connectivity index (χ3n) is 2.01. The third-order valence-corrected chi connectivity index (χ3v) is 2.50. The molecule has 2 aromatic rings. The van der Waals surface area contributed by atoms with Crippen LogP contribution in [-0.4, -0.2) is 36.0 Å². The average Bonchev–Trinajstić information content (AvgIpc) is 2.66. The molecule has 0 saturated carbocycles. The average molecular weight is 345 g/mol. The molecule has 2 rings (SSSR count). The molecule has 1 N–H and O–H groups in total. The van der Waals surface area contributed by atoms with Crippen LogP contribution in [0.4, 0.5) is 5.69 Å². The normalized spacial score (nSPS) is 10.6. The summed E-state index contributed by atoms with van der Waals surface area (Å²) in [4.78, 5) is 20.6. The van der Waals surface area contributed by atoms with E-state index in [4.69, 9.17) is 9.84 Å². The first-order chi connectivity index (χ1) is 8.49. The summed E-state index contributed by atoms with van der Waals surface area (Å²) in [6.07, 6.45) is 0. The minimum atomic E-state index is -1.23. The van der Waals surface area contributed by atoms with Gasteiger partial charge in [0.1, 0.15) is 0 Å². The van der Waals surface area contributed by atoms with Crippen LogP contribution in [0.2, 0.25) is 0 Å². The predicted molar refractivity (Wildman–Crippen MR) is 52.7 cm³/mol. The molecule has 1 aromatic heterocycles. The fourth-order valence-electron chi connectivity index (χ4n) is 1.29. The summed E-state index contributed by atoms with van der Waals surface area (Å²) < 4.78 is 6.03. The molecule has 0 radical (unpaired) electrons. The number of fused-ring (bicyclic) bond motifs is 1. The van der Waals surface area contributed by atoms with Gasteiger partial charge in [0.15, 0.2) is 0 Å². The van der Waals surface area contributed by atoms with E-state index < -0.39 is 17.5 Å². The summed E-state index contributed by atoms with van der Waals surface area (Å²) in [5.74, 6) is -1.39. The first kappa shape index (κ1) is 12.5. The molecule has 0 bridgehead atoms. The van der Waals surface area contributed by atoms with Crippen LogP contribution in [0.25, 0.3) is 11.0 Å². The Balaban J connectivity index is 2.51. The molecule has 0 saturated heterocycles. The second-order valence-corrected chi connectivity index (χ2v) is 3.79. The van der Waals surface area contributed by atoms with Crippen molar-refractivity contribution in [3.8, 4) is 5.75 Å². The summed E-state index contributed by atoms with van der Waals surface area (Å²) in [5.41, 5.74) is 0.367. The van der Waals surface area contributed by atoms with Gasteiger partial charge >= 0.3 is 112 Å². The molecule has 1 heterocycles. The van der Waals surface area contributed by atoms with Crippen LogP contribution in [0.3, 0.4) is 0 Å². The van der Waals surface area contributed by atoms with Gasteiger partial charge in [-0.2, -0.15) is 0 Å². The van der Waals surface area contributed by atoms with Crippen molar-refractivity contribution in [2.45, 2.75) is 0 Å². The minimum absolute atomic E-state index is 0.164. The molecule has 0 unspecified atom stereocenters. The Morgan fingerprint density at radius 2 is 2.33 bits per heavy atom. The number of nitrogens with zero attached hydrogens (tertiary/aromatic N) is 4. The fourth-order valence-corrected chi connectivity index (χ4v) is 1.62. The van der Waals surface area contributed by atoms with Crippen molar-refractivity contribution in [2.24, 2.45) is 0 Å². The van der Waals surface area contributed by atoms with E-state index in [0.29, 0.717) is 11.0 Å². The molecule has 18 heavy (non-hydrogen) atoms. The quantitative estimate of drug-likeness (QED) is 0.474. The van der Waals surface area contributed by atoms with E-state index in [-0.39, 0.29) is 11.4 Å². The van der Waals surface area contributed by atoms with Crippen LogP contribution >= 0.6 is 0 Å². The summed E-state index contributed by atoms with van der Waals surface area (Å²) in [5, 5.41) is 26.7. The molecule has 0 aliphatic carbocycles. The maximum atomic E-state index is 10.9. The van der Waals surface area contributed by atoms with Gasteiger partial charge in [0.2, 0.25) is 0 Å². The second kappa shape index (κ2) is 4.72. The van der Waals surface area contributed by atoms with E-state index >= 15 is 0 Å². The summed E-state index contributed by atoms with van der Waals surface area (Å²) >= 11 is 3.04. The number of ether oxygens (including phenoxy) is 1. The first-order valence-corrected chi connectivity index (χ1v) is 5.16. The summed E-state index contributed by atoms with van der Waals surface area (Å²) in [6.45, 7) is -0.672. The molecule has 0 aliphatic heterocycles. The van der Waals surface area contributed by atoms with Crippen LogP contribution in [0.15, 0.2) is 12.1 Å². The number of hydrogen-bond donors (Lipinski definition) is 1. The molecule has 1 aromatic carbocycles. The standard InChI is InChI=1S/C8H6N4O5.Ag/c13-8(14)3-17-7-2-5-4(9-11-10-5)1-6(7)12(15)16;/h1-2H,3H2,(H2,9,10,11,13,14);/q;+1/p-1. The number of nitro groups is 1. The Kier molecular flexibility index (Phi) is 3.28. The van der Waals surface area contributed by atoms with Crippen LogP contribution in [0.5, 0.6) is 5.75 Å². The monoisotopic (exact) mass is 344 g/mol. The molecule has 98 valence electrons. The van der Waals surface area contributed by atoms with Crippen molar-refractivity contribution < 1.29 is 40.9 Å². The maximum absolute atomic E-state index is 10.9. The predicted octanol–water partition coefficient (Wildman–Crippen LogP) is 0.113. The van der Waals surface area contributed by atoms with Gasteiger partial charge in [-0.25, -0.2) is 0 Å². The Morgan fingerprint density at radius 3 is 2.94 bits per heavy atom. The molecule has 9 nitrogen and oxygen atoms in total.